The first-order chi connectivity index (χ1) is 12.7. The van der Waals surface area contributed by atoms with E-state index in [1.54, 1.807) is 0 Å². The Kier molecular flexibility index (Phi) is 6.27. The average molecular weight is 400 g/mol. The van der Waals surface area contributed by atoms with Gasteiger partial charge in [0.2, 0.25) is 21.8 Å². The van der Waals surface area contributed by atoms with Crippen LogP contribution in [0.3, 0.4) is 0 Å². The van der Waals surface area contributed by atoms with E-state index >= 15 is 0 Å². The minimum Gasteiger partial charge on any atom is -0.301 e. The van der Waals surface area contributed by atoms with Crippen molar-refractivity contribution in [1.29, 1.82) is 0 Å². The lowest BCUT2D eigenvalue weighted by Crippen LogP contribution is -2.41. The van der Waals surface area contributed by atoms with Crippen molar-refractivity contribution in [2.24, 2.45) is 17.8 Å². The van der Waals surface area contributed by atoms with Crippen LogP contribution in [-0.2, 0) is 19.6 Å². The number of sulfonamides is 1. The van der Waals surface area contributed by atoms with Gasteiger partial charge in [-0.3, -0.25) is 14.5 Å². The van der Waals surface area contributed by atoms with Crippen LogP contribution in [0.1, 0.15) is 46.5 Å². The van der Waals surface area contributed by atoms with Gasteiger partial charge < -0.3 is 4.90 Å². The van der Waals surface area contributed by atoms with Crippen molar-refractivity contribution in [3.8, 4) is 0 Å². The molecule has 7 nitrogen and oxygen atoms in total. The second kappa shape index (κ2) is 8.17. The van der Waals surface area contributed by atoms with Crippen molar-refractivity contribution in [2.75, 3.05) is 38.5 Å². The normalized spacial score (nSPS) is 28.5. The number of piperidine rings is 1. The number of nitrogens with zero attached hydrogens (tertiary/aromatic N) is 3. The molecule has 2 atom stereocenters. The van der Waals surface area contributed by atoms with Crippen molar-refractivity contribution in [3.63, 3.8) is 0 Å². The molecule has 8 heteroatoms. The number of hydrogen-bond acceptors (Lipinski definition) is 5. The van der Waals surface area contributed by atoms with Crippen LogP contribution >= 0.6 is 0 Å². The van der Waals surface area contributed by atoms with Crippen molar-refractivity contribution in [2.45, 2.75) is 52.5 Å². The highest BCUT2D eigenvalue weighted by Gasteiger charge is 2.54. The van der Waals surface area contributed by atoms with E-state index in [4.69, 9.17) is 0 Å². The van der Waals surface area contributed by atoms with E-state index in [0.717, 1.165) is 32.4 Å². The van der Waals surface area contributed by atoms with Crippen molar-refractivity contribution in [3.05, 3.63) is 0 Å². The summed E-state index contributed by atoms with van der Waals surface area (Å²) in [6.45, 7) is 9.23. The quantitative estimate of drug-likeness (QED) is 0.600. The fourth-order valence-corrected chi connectivity index (χ4v) is 6.23. The Hall–Kier alpha value is -0.990. The zero-order valence-corrected chi connectivity index (χ0v) is 17.6. The summed E-state index contributed by atoms with van der Waals surface area (Å²) >= 11 is 0. The third kappa shape index (κ3) is 4.22. The molecule has 0 radical (unpaired) electrons. The number of imide groups is 1. The van der Waals surface area contributed by atoms with E-state index in [1.165, 1.54) is 9.21 Å². The topological polar surface area (TPSA) is 78.0 Å². The monoisotopic (exact) mass is 399 g/mol. The molecule has 3 saturated heterocycles. The van der Waals surface area contributed by atoms with Crippen molar-refractivity contribution >= 4 is 21.8 Å². The lowest BCUT2D eigenvalue weighted by atomic mass is 9.92. The smallest absolute Gasteiger partial charge is 0.234 e. The molecule has 2 amide bonds. The molecule has 0 aliphatic carbocycles. The molecule has 27 heavy (non-hydrogen) atoms. The van der Waals surface area contributed by atoms with Crippen LogP contribution in [0.15, 0.2) is 0 Å². The fourth-order valence-electron chi connectivity index (χ4n) is 4.68. The maximum atomic E-state index is 12.7. The minimum absolute atomic E-state index is 0.0770. The highest BCUT2D eigenvalue weighted by atomic mass is 32.2. The number of amides is 2. The van der Waals surface area contributed by atoms with Gasteiger partial charge in [-0.05, 0) is 58.5 Å². The van der Waals surface area contributed by atoms with E-state index in [2.05, 4.69) is 18.7 Å². The first kappa shape index (κ1) is 20.7. The summed E-state index contributed by atoms with van der Waals surface area (Å²) in [4.78, 5) is 29.3. The molecular formula is C19H33N3O4S. The Morgan fingerprint density at radius 1 is 1.04 bits per heavy atom. The van der Waals surface area contributed by atoms with Gasteiger partial charge in [-0.25, -0.2) is 12.7 Å². The van der Waals surface area contributed by atoms with Crippen LogP contribution in [0.25, 0.3) is 0 Å². The molecule has 3 rings (SSSR count). The SMILES string of the molecule is CCCS(=O)(=O)N1C[C@@H]2C(=O)N(CCC3CCN(C(C)C)CC3)C(=O)[C@@H]2C1. The molecule has 3 aliphatic rings. The molecule has 0 bridgehead atoms. The first-order valence-electron chi connectivity index (χ1n) is 10.3. The van der Waals surface area contributed by atoms with Gasteiger partial charge in [-0.15, -0.1) is 0 Å². The lowest BCUT2D eigenvalue weighted by molar-refractivity contribution is -0.140. The molecule has 0 aromatic heterocycles. The Morgan fingerprint density at radius 2 is 1.59 bits per heavy atom. The maximum absolute atomic E-state index is 12.7. The van der Waals surface area contributed by atoms with Crippen LogP contribution in [0.5, 0.6) is 0 Å². The summed E-state index contributed by atoms with van der Waals surface area (Å²) in [7, 11) is -3.35. The fraction of sp³-hybridized carbons (Fsp3) is 0.895. The largest absolute Gasteiger partial charge is 0.301 e. The zero-order valence-electron chi connectivity index (χ0n) is 16.8. The van der Waals surface area contributed by atoms with Crippen LogP contribution in [0.4, 0.5) is 0 Å². The molecule has 3 heterocycles. The summed E-state index contributed by atoms with van der Waals surface area (Å²) in [6, 6.07) is 0.569. The third-order valence-corrected chi connectivity index (χ3v) is 8.46. The van der Waals surface area contributed by atoms with Crippen LogP contribution in [-0.4, -0.2) is 78.9 Å². The van der Waals surface area contributed by atoms with Crippen LogP contribution in [0.2, 0.25) is 0 Å². The number of rotatable bonds is 7. The van der Waals surface area contributed by atoms with Crippen molar-refractivity contribution in [1.82, 2.24) is 14.1 Å². The number of carbonyl (C=O) groups is 2. The Bertz CT molecular complexity index is 646. The molecule has 154 valence electrons. The molecule has 0 N–H and O–H groups in total. The molecule has 0 spiro atoms. The van der Waals surface area contributed by atoms with Gasteiger partial charge in [0.25, 0.3) is 0 Å². The molecule has 0 unspecified atom stereocenters. The van der Waals surface area contributed by atoms with Gasteiger partial charge >= 0.3 is 0 Å². The van der Waals surface area contributed by atoms with E-state index < -0.39 is 21.9 Å². The molecule has 0 aromatic carbocycles. The van der Waals surface area contributed by atoms with Crippen LogP contribution < -0.4 is 0 Å². The van der Waals surface area contributed by atoms with E-state index in [9.17, 15) is 18.0 Å². The second-order valence-electron chi connectivity index (χ2n) is 8.54. The molecule has 0 aromatic rings. The summed E-state index contributed by atoms with van der Waals surface area (Å²) in [6.07, 6.45) is 3.63. The number of fused-ring (bicyclic) bond motifs is 1. The predicted octanol–water partition coefficient (Wildman–Crippen LogP) is 1.15. The summed E-state index contributed by atoms with van der Waals surface area (Å²) in [5, 5.41) is 0. The highest BCUT2D eigenvalue weighted by Crippen LogP contribution is 2.35. The Labute approximate surface area is 163 Å². The van der Waals surface area contributed by atoms with Gasteiger partial charge in [-0.2, -0.15) is 0 Å². The third-order valence-electron chi connectivity index (χ3n) is 6.45. The first-order valence-corrected chi connectivity index (χ1v) is 11.9. The minimum atomic E-state index is -3.35. The molecule has 0 saturated carbocycles. The second-order valence-corrected chi connectivity index (χ2v) is 10.6. The molecular weight excluding hydrogens is 366 g/mol. The Balaban J connectivity index is 1.53. The van der Waals surface area contributed by atoms with Crippen molar-refractivity contribution < 1.29 is 18.0 Å². The van der Waals surface area contributed by atoms with E-state index in [0.29, 0.717) is 24.9 Å². The number of hydrogen-bond donors (Lipinski definition) is 0. The number of likely N-dealkylation sites (tertiary alicyclic amines) is 2. The van der Waals surface area contributed by atoms with Gasteiger partial charge in [0.15, 0.2) is 0 Å². The molecule has 3 fully saturated rings. The van der Waals surface area contributed by atoms with Gasteiger partial charge in [0, 0.05) is 25.7 Å². The average Bonchev–Trinajstić information content (AvgIpc) is 3.15. The summed E-state index contributed by atoms with van der Waals surface area (Å²) in [5.74, 6) is -0.660. The van der Waals surface area contributed by atoms with E-state index in [1.807, 2.05) is 6.92 Å². The van der Waals surface area contributed by atoms with Crippen LogP contribution in [0, 0.1) is 17.8 Å². The van der Waals surface area contributed by atoms with Gasteiger partial charge in [0.05, 0.1) is 17.6 Å². The number of carbonyl (C=O) groups excluding carboxylic acids is 2. The Morgan fingerprint density at radius 3 is 2.07 bits per heavy atom. The maximum Gasteiger partial charge on any atom is 0.234 e. The zero-order chi connectivity index (χ0) is 19.8. The predicted molar refractivity (Wildman–Crippen MR) is 103 cm³/mol. The standard InChI is InChI=1S/C19H33N3O4S/c1-4-11-27(25,26)21-12-16-17(13-21)19(24)22(18(16)23)10-7-15-5-8-20(9-6-15)14(2)3/h14-17H,4-13H2,1-3H3/t16-,17+. The molecule has 3 aliphatic heterocycles. The highest BCUT2D eigenvalue weighted by molar-refractivity contribution is 7.89. The summed E-state index contributed by atoms with van der Waals surface area (Å²) < 4.78 is 25.9. The van der Waals surface area contributed by atoms with Gasteiger partial charge in [-0.1, -0.05) is 6.92 Å². The van der Waals surface area contributed by atoms with Gasteiger partial charge in [0.1, 0.15) is 0 Å². The van der Waals surface area contributed by atoms with E-state index in [-0.39, 0.29) is 30.7 Å². The lowest BCUT2D eigenvalue weighted by Gasteiger charge is -2.35. The summed E-state index contributed by atoms with van der Waals surface area (Å²) in [5.41, 5.74) is 0.